The van der Waals surface area contributed by atoms with Crippen molar-refractivity contribution in [2.24, 2.45) is 0 Å². The lowest BCUT2D eigenvalue weighted by molar-refractivity contribution is -0.0611. The van der Waals surface area contributed by atoms with Gasteiger partial charge in [0.25, 0.3) is 0 Å². The number of halogens is 2. The van der Waals surface area contributed by atoms with Crippen molar-refractivity contribution in [3.63, 3.8) is 0 Å². The van der Waals surface area contributed by atoms with E-state index in [4.69, 9.17) is 27.9 Å². The highest BCUT2D eigenvalue weighted by molar-refractivity contribution is 6.33. The van der Waals surface area contributed by atoms with E-state index in [1.807, 2.05) is 6.07 Å². The molecule has 5 heteroatoms. The van der Waals surface area contributed by atoms with Crippen LogP contribution in [-0.2, 0) is 11.2 Å². The molecule has 0 spiro atoms. The van der Waals surface area contributed by atoms with Crippen molar-refractivity contribution in [2.45, 2.75) is 31.9 Å². The quantitative estimate of drug-likeness (QED) is 0.926. The predicted molar refractivity (Wildman–Crippen MR) is 82.6 cm³/mol. The minimum Gasteiger partial charge on any atom is -0.391 e. The average Bonchev–Trinajstić information content (AvgIpc) is 2.43. The van der Waals surface area contributed by atoms with Crippen molar-refractivity contribution in [3.05, 3.63) is 33.8 Å². The molecular formula is C15H21Cl2NO2. The fraction of sp³-hybridized carbons (Fsp3) is 0.600. The molecule has 1 N–H and O–H groups in total. The molecule has 3 nitrogen and oxygen atoms in total. The molecular weight excluding hydrogens is 297 g/mol. The van der Waals surface area contributed by atoms with Crippen LogP contribution in [0.1, 0.15) is 19.4 Å². The van der Waals surface area contributed by atoms with Crippen LogP contribution in [0.4, 0.5) is 0 Å². The summed E-state index contributed by atoms with van der Waals surface area (Å²) in [5.41, 5.74) is 0.558. The Bertz CT molecular complexity index is 459. The first-order valence-corrected chi connectivity index (χ1v) is 7.61. The van der Waals surface area contributed by atoms with E-state index in [0.717, 1.165) is 18.7 Å². The Kier molecular flexibility index (Phi) is 5.32. The van der Waals surface area contributed by atoms with Gasteiger partial charge < -0.3 is 9.84 Å². The lowest BCUT2D eigenvalue weighted by Gasteiger charge is -2.43. The van der Waals surface area contributed by atoms with E-state index in [0.29, 0.717) is 29.7 Å². The van der Waals surface area contributed by atoms with Gasteiger partial charge in [0.15, 0.2) is 0 Å². The molecule has 0 aromatic heterocycles. The predicted octanol–water partition coefficient (Wildman–Crippen LogP) is 3.01. The number of ether oxygens (including phenoxy) is 1. The number of nitrogens with zero attached hydrogens (tertiary/aromatic N) is 1. The maximum absolute atomic E-state index is 10.6. The molecule has 20 heavy (non-hydrogen) atoms. The second-order valence-electron chi connectivity index (χ2n) is 5.71. The Labute approximate surface area is 130 Å². The van der Waals surface area contributed by atoms with E-state index in [9.17, 15) is 5.11 Å². The topological polar surface area (TPSA) is 32.7 Å². The van der Waals surface area contributed by atoms with E-state index in [1.54, 1.807) is 12.1 Å². The van der Waals surface area contributed by atoms with Crippen LogP contribution in [0, 0.1) is 0 Å². The molecule has 1 saturated heterocycles. The van der Waals surface area contributed by atoms with Crippen molar-refractivity contribution in [3.8, 4) is 0 Å². The van der Waals surface area contributed by atoms with Gasteiger partial charge in [-0.2, -0.15) is 0 Å². The van der Waals surface area contributed by atoms with Gasteiger partial charge in [0.2, 0.25) is 0 Å². The zero-order valence-corrected chi connectivity index (χ0v) is 13.4. The number of morpholine rings is 1. The fourth-order valence-corrected chi connectivity index (χ4v) is 2.90. The Balaban J connectivity index is 2.09. The van der Waals surface area contributed by atoms with Crippen molar-refractivity contribution in [1.29, 1.82) is 0 Å². The van der Waals surface area contributed by atoms with Gasteiger partial charge in [-0.05, 0) is 37.6 Å². The molecule has 0 radical (unpaired) electrons. The highest BCUT2D eigenvalue weighted by Gasteiger charge is 2.35. The molecule has 1 unspecified atom stereocenters. The van der Waals surface area contributed by atoms with Crippen molar-refractivity contribution in [1.82, 2.24) is 4.90 Å². The van der Waals surface area contributed by atoms with Crippen LogP contribution in [-0.4, -0.2) is 48.0 Å². The first kappa shape index (κ1) is 16.1. The summed E-state index contributed by atoms with van der Waals surface area (Å²) >= 11 is 12.2. The van der Waals surface area contributed by atoms with E-state index in [1.165, 1.54) is 0 Å². The third kappa shape index (κ3) is 3.66. The summed E-state index contributed by atoms with van der Waals surface area (Å²) in [6, 6.07) is 5.35. The number of aliphatic hydroxyl groups excluding tert-OH is 1. The maximum atomic E-state index is 10.6. The molecule has 1 aliphatic heterocycles. The third-order valence-electron chi connectivity index (χ3n) is 4.06. The Morgan fingerprint density at radius 3 is 2.60 bits per heavy atom. The molecule has 0 amide bonds. The monoisotopic (exact) mass is 317 g/mol. The van der Waals surface area contributed by atoms with Crippen molar-refractivity contribution in [2.75, 3.05) is 26.3 Å². The van der Waals surface area contributed by atoms with Crippen LogP contribution < -0.4 is 0 Å². The summed E-state index contributed by atoms with van der Waals surface area (Å²) in [5.74, 6) is 0. The van der Waals surface area contributed by atoms with Crippen LogP contribution in [0.15, 0.2) is 18.2 Å². The van der Waals surface area contributed by atoms with Gasteiger partial charge in [-0.25, -0.2) is 0 Å². The zero-order valence-electron chi connectivity index (χ0n) is 11.9. The van der Waals surface area contributed by atoms with E-state index in [-0.39, 0.29) is 5.54 Å². The van der Waals surface area contributed by atoms with Gasteiger partial charge in [0.1, 0.15) is 0 Å². The van der Waals surface area contributed by atoms with Crippen LogP contribution in [0.25, 0.3) is 0 Å². The number of hydrogen-bond donors (Lipinski definition) is 1. The van der Waals surface area contributed by atoms with Crippen LogP contribution in [0.2, 0.25) is 10.0 Å². The fourth-order valence-electron chi connectivity index (χ4n) is 2.51. The molecule has 1 aromatic rings. The normalized spacial score (nSPS) is 19.1. The standard InChI is InChI=1S/C15H21Cl2NO2/c1-15(2,18-5-7-20-8-6-18)14(19)10-11-9-12(16)3-4-13(11)17/h3-4,9,14,19H,5-8,10H2,1-2H3. The third-order valence-corrected chi connectivity index (χ3v) is 4.67. The minimum absolute atomic E-state index is 0.324. The number of benzene rings is 1. The molecule has 112 valence electrons. The summed E-state index contributed by atoms with van der Waals surface area (Å²) < 4.78 is 5.37. The highest BCUT2D eigenvalue weighted by atomic mass is 35.5. The van der Waals surface area contributed by atoms with Gasteiger partial charge in [-0.1, -0.05) is 23.2 Å². The van der Waals surface area contributed by atoms with Crippen LogP contribution in [0.3, 0.4) is 0 Å². The summed E-state index contributed by atoms with van der Waals surface area (Å²) in [6.45, 7) is 7.23. The Morgan fingerprint density at radius 2 is 1.95 bits per heavy atom. The van der Waals surface area contributed by atoms with E-state index < -0.39 is 6.10 Å². The number of rotatable bonds is 4. The van der Waals surface area contributed by atoms with Crippen LogP contribution in [0.5, 0.6) is 0 Å². The Hall–Kier alpha value is -0.320. The van der Waals surface area contributed by atoms with Gasteiger partial charge in [0, 0.05) is 35.1 Å². The van der Waals surface area contributed by atoms with Gasteiger partial charge in [-0.15, -0.1) is 0 Å². The molecule has 1 fully saturated rings. The van der Waals surface area contributed by atoms with E-state index in [2.05, 4.69) is 18.7 Å². The largest absolute Gasteiger partial charge is 0.391 e. The lowest BCUT2D eigenvalue weighted by atomic mass is 9.89. The summed E-state index contributed by atoms with van der Waals surface area (Å²) in [7, 11) is 0. The molecule has 2 rings (SSSR count). The minimum atomic E-state index is -0.517. The summed E-state index contributed by atoms with van der Waals surface area (Å²) in [6.07, 6.45) is -0.0272. The summed E-state index contributed by atoms with van der Waals surface area (Å²) in [5, 5.41) is 11.9. The highest BCUT2D eigenvalue weighted by Crippen LogP contribution is 2.27. The number of aliphatic hydroxyl groups is 1. The average molecular weight is 318 g/mol. The first-order chi connectivity index (χ1) is 9.41. The van der Waals surface area contributed by atoms with Crippen LogP contribution >= 0.6 is 23.2 Å². The molecule has 0 bridgehead atoms. The molecule has 1 aliphatic rings. The smallest absolute Gasteiger partial charge is 0.0759 e. The molecule has 1 aromatic carbocycles. The van der Waals surface area contributed by atoms with Crippen molar-refractivity contribution < 1.29 is 9.84 Å². The summed E-state index contributed by atoms with van der Waals surface area (Å²) in [4.78, 5) is 2.26. The molecule has 1 heterocycles. The van der Waals surface area contributed by atoms with Gasteiger partial charge in [-0.3, -0.25) is 4.90 Å². The second-order valence-corrected chi connectivity index (χ2v) is 6.55. The van der Waals surface area contributed by atoms with Gasteiger partial charge >= 0.3 is 0 Å². The molecule has 1 atom stereocenters. The zero-order chi connectivity index (χ0) is 14.8. The maximum Gasteiger partial charge on any atom is 0.0759 e. The van der Waals surface area contributed by atoms with Gasteiger partial charge in [0.05, 0.1) is 19.3 Å². The number of hydrogen-bond acceptors (Lipinski definition) is 3. The Morgan fingerprint density at radius 1 is 1.30 bits per heavy atom. The van der Waals surface area contributed by atoms with Crippen molar-refractivity contribution >= 4 is 23.2 Å². The molecule has 0 saturated carbocycles. The first-order valence-electron chi connectivity index (χ1n) is 6.86. The molecule has 0 aliphatic carbocycles. The SMILES string of the molecule is CC(C)(C(O)Cc1cc(Cl)ccc1Cl)N1CCOCC1. The lowest BCUT2D eigenvalue weighted by Crippen LogP contribution is -2.56. The van der Waals surface area contributed by atoms with E-state index >= 15 is 0 Å². The second kappa shape index (κ2) is 6.63.